The van der Waals surface area contributed by atoms with Crippen LogP contribution in [0.25, 0.3) is 0 Å². The van der Waals surface area contributed by atoms with Gasteiger partial charge >= 0.3 is 0 Å². The molecule has 0 rings (SSSR count). The molecule has 1 nitrogen and oxygen atoms in total. The van der Waals surface area contributed by atoms with E-state index in [1.807, 2.05) is 27.7 Å². The van der Waals surface area contributed by atoms with Crippen LogP contribution in [0.2, 0.25) is 0 Å². The lowest BCUT2D eigenvalue weighted by Gasteiger charge is -1.98. The number of rotatable bonds is 1. The minimum absolute atomic E-state index is 0.219. The molecule has 1 heteroatoms. The molecule has 0 bridgehead atoms. The summed E-state index contributed by atoms with van der Waals surface area (Å²) in [4.78, 5) is 0. The van der Waals surface area contributed by atoms with E-state index in [4.69, 9.17) is 4.74 Å². The molecule has 0 aliphatic heterocycles. The fourth-order valence-corrected chi connectivity index (χ4v) is 0.270. The molecule has 0 N–H and O–H groups in total. The highest BCUT2D eigenvalue weighted by Crippen LogP contribution is 1.88. The molecule has 0 unspecified atom stereocenters. The van der Waals surface area contributed by atoms with Crippen molar-refractivity contribution in [1.82, 2.24) is 0 Å². The minimum atomic E-state index is 0.219. The van der Waals surface area contributed by atoms with Crippen molar-refractivity contribution in [3.63, 3.8) is 0 Å². The van der Waals surface area contributed by atoms with Crippen LogP contribution in [0.5, 0.6) is 0 Å². The average Bonchev–Trinajstić information content (AvgIpc) is 1.63. The summed E-state index contributed by atoms with van der Waals surface area (Å²) in [5, 5.41) is 0. The van der Waals surface area contributed by atoms with E-state index in [1.54, 1.807) is 0 Å². The van der Waals surface area contributed by atoms with Crippen LogP contribution in [0.1, 0.15) is 27.7 Å². The van der Waals surface area contributed by atoms with Gasteiger partial charge in [-0.25, -0.2) is 0 Å². The van der Waals surface area contributed by atoms with E-state index < -0.39 is 0 Å². The van der Waals surface area contributed by atoms with E-state index in [9.17, 15) is 0 Å². The SMILES string of the molecule is CC(C)C#COC(C)C. The largest absolute Gasteiger partial charge is 0.444 e. The van der Waals surface area contributed by atoms with Crippen molar-refractivity contribution in [3.05, 3.63) is 0 Å². The van der Waals surface area contributed by atoms with Gasteiger partial charge in [-0.3, -0.25) is 0 Å². The lowest BCUT2D eigenvalue weighted by Crippen LogP contribution is -1.95. The van der Waals surface area contributed by atoms with Gasteiger partial charge in [-0.05, 0) is 13.8 Å². The fourth-order valence-electron chi connectivity index (χ4n) is 0.270. The Morgan fingerprint density at radius 3 is 2.00 bits per heavy atom. The Bertz CT molecular complexity index is 114. The second-order valence-corrected chi connectivity index (χ2v) is 2.57. The van der Waals surface area contributed by atoms with Crippen molar-refractivity contribution in [3.8, 4) is 12.0 Å². The van der Waals surface area contributed by atoms with Crippen molar-refractivity contribution in [2.75, 3.05) is 0 Å². The van der Waals surface area contributed by atoms with Gasteiger partial charge in [0.05, 0.1) is 0 Å². The second-order valence-electron chi connectivity index (χ2n) is 2.57. The third-order valence-electron chi connectivity index (χ3n) is 0.642. The molecule has 0 saturated carbocycles. The highest BCUT2D eigenvalue weighted by Gasteiger charge is 1.86. The molecule has 0 saturated heterocycles. The summed E-state index contributed by atoms with van der Waals surface area (Å²) in [6.07, 6.45) is 2.85. The molecule has 0 atom stereocenters. The van der Waals surface area contributed by atoms with E-state index in [2.05, 4.69) is 12.0 Å². The summed E-state index contributed by atoms with van der Waals surface area (Å²) >= 11 is 0. The van der Waals surface area contributed by atoms with Crippen LogP contribution in [0.15, 0.2) is 0 Å². The molecular formula is C8H14O. The van der Waals surface area contributed by atoms with E-state index in [1.165, 1.54) is 0 Å². The molecule has 0 aromatic carbocycles. The monoisotopic (exact) mass is 126 g/mol. The van der Waals surface area contributed by atoms with Crippen molar-refractivity contribution >= 4 is 0 Å². The zero-order chi connectivity index (χ0) is 7.28. The first-order chi connectivity index (χ1) is 4.13. The van der Waals surface area contributed by atoms with Crippen molar-refractivity contribution in [2.45, 2.75) is 33.8 Å². The number of ether oxygens (including phenoxy) is 1. The molecule has 0 spiro atoms. The van der Waals surface area contributed by atoms with E-state index >= 15 is 0 Å². The molecule has 0 aliphatic carbocycles. The van der Waals surface area contributed by atoms with Gasteiger partial charge in [-0.15, -0.1) is 0 Å². The first-order valence-electron chi connectivity index (χ1n) is 3.29. The van der Waals surface area contributed by atoms with Gasteiger partial charge < -0.3 is 4.74 Å². The van der Waals surface area contributed by atoms with Gasteiger partial charge in [0.2, 0.25) is 0 Å². The van der Waals surface area contributed by atoms with Crippen LogP contribution in [0, 0.1) is 17.9 Å². The predicted molar refractivity (Wildman–Crippen MR) is 38.8 cm³/mol. The topological polar surface area (TPSA) is 9.23 Å². The Morgan fingerprint density at radius 2 is 1.67 bits per heavy atom. The van der Waals surface area contributed by atoms with Crippen molar-refractivity contribution < 1.29 is 4.74 Å². The van der Waals surface area contributed by atoms with Crippen LogP contribution < -0.4 is 0 Å². The second kappa shape index (κ2) is 4.26. The summed E-state index contributed by atoms with van der Waals surface area (Å²) in [6, 6.07) is 0. The van der Waals surface area contributed by atoms with Crippen molar-refractivity contribution in [1.29, 1.82) is 0 Å². The van der Waals surface area contributed by atoms with Crippen LogP contribution in [-0.4, -0.2) is 6.10 Å². The Labute approximate surface area is 57.4 Å². The summed E-state index contributed by atoms with van der Waals surface area (Å²) < 4.78 is 4.99. The Balaban J connectivity index is 3.38. The van der Waals surface area contributed by atoms with E-state index in [0.29, 0.717) is 5.92 Å². The molecule has 0 fully saturated rings. The third kappa shape index (κ3) is 7.36. The highest BCUT2D eigenvalue weighted by molar-refractivity contribution is 4.94. The Hall–Kier alpha value is -0.640. The molecule has 52 valence electrons. The number of hydrogen-bond acceptors (Lipinski definition) is 1. The van der Waals surface area contributed by atoms with Gasteiger partial charge in [-0.2, -0.15) is 0 Å². The molecule has 0 aromatic heterocycles. The smallest absolute Gasteiger partial charge is 0.110 e. The molecular weight excluding hydrogens is 112 g/mol. The lowest BCUT2D eigenvalue weighted by molar-refractivity contribution is 0.203. The maximum absolute atomic E-state index is 4.99. The maximum atomic E-state index is 4.99. The standard InChI is InChI=1S/C8H14O/c1-7(2)5-6-9-8(3)4/h7-8H,1-4H3. The summed E-state index contributed by atoms with van der Waals surface area (Å²) in [5.41, 5.74) is 0. The summed E-state index contributed by atoms with van der Waals surface area (Å²) in [7, 11) is 0. The van der Waals surface area contributed by atoms with Crippen molar-refractivity contribution in [2.24, 2.45) is 5.92 Å². The molecule has 0 aliphatic rings. The van der Waals surface area contributed by atoms with Crippen LogP contribution in [-0.2, 0) is 4.74 Å². The fraction of sp³-hybridized carbons (Fsp3) is 0.750. The number of hydrogen-bond donors (Lipinski definition) is 0. The summed E-state index contributed by atoms with van der Waals surface area (Å²) in [6.45, 7) is 8.01. The first-order valence-corrected chi connectivity index (χ1v) is 3.29. The van der Waals surface area contributed by atoms with Gasteiger partial charge in [-0.1, -0.05) is 19.8 Å². The Morgan fingerprint density at radius 1 is 1.11 bits per heavy atom. The van der Waals surface area contributed by atoms with Gasteiger partial charge in [0, 0.05) is 5.92 Å². The molecule has 9 heavy (non-hydrogen) atoms. The zero-order valence-electron chi connectivity index (χ0n) is 6.56. The van der Waals surface area contributed by atoms with Crippen LogP contribution in [0.3, 0.4) is 0 Å². The molecule has 0 heterocycles. The zero-order valence-corrected chi connectivity index (χ0v) is 6.56. The van der Waals surface area contributed by atoms with Crippen LogP contribution >= 0.6 is 0 Å². The van der Waals surface area contributed by atoms with Gasteiger partial charge in [0.25, 0.3) is 0 Å². The lowest BCUT2D eigenvalue weighted by atomic mass is 10.2. The minimum Gasteiger partial charge on any atom is -0.444 e. The third-order valence-corrected chi connectivity index (χ3v) is 0.642. The molecule has 0 amide bonds. The molecule has 0 radical (unpaired) electrons. The normalized spacial score (nSPS) is 9.11. The summed E-state index contributed by atoms with van der Waals surface area (Å²) in [5.74, 6) is 3.31. The maximum Gasteiger partial charge on any atom is 0.110 e. The Kier molecular flexibility index (Phi) is 3.96. The highest BCUT2D eigenvalue weighted by atomic mass is 16.5. The van der Waals surface area contributed by atoms with Crippen LogP contribution in [0.4, 0.5) is 0 Å². The average molecular weight is 126 g/mol. The van der Waals surface area contributed by atoms with Gasteiger partial charge in [0.1, 0.15) is 12.2 Å². The molecule has 0 aromatic rings. The van der Waals surface area contributed by atoms with E-state index in [-0.39, 0.29) is 6.10 Å². The van der Waals surface area contributed by atoms with E-state index in [0.717, 1.165) is 0 Å². The van der Waals surface area contributed by atoms with Gasteiger partial charge in [0.15, 0.2) is 0 Å². The first kappa shape index (κ1) is 8.36. The predicted octanol–water partition coefficient (Wildman–Crippen LogP) is 2.03. The quantitative estimate of drug-likeness (QED) is 0.488.